The Hall–Kier alpha value is -0.180. The van der Waals surface area contributed by atoms with Gasteiger partial charge in [0.15, 0.2) is 0 Å². The van der Waals surface area contributed by atoms with Crippen LogP contribution in [-0.2, 0) is 0 Å². The van der Waals surface area contributed by atoms with Gasteiger partial charge in [-0.2, -0.15) is 0 Å². The number of nitrogens with two attached hydrogens (primary N) is 1. The summed E-state index contributed by atoms with van der Waals surface area (Å²) in [5.74, 6) is -0.352. The van der Waals surface area contributed by atoms with Gasteiger partial charge in [0.25, 0.3) is 0 Å². The third-order valence-corrected chi connectivity index (χ3v) is 5.15. The second-order valence-electron chi connectivity index (χ2n) is 6.06. The van der Waals surface area contributed by atoms with Gasteiger partial charge in [0.05, 0.1) is 0 Å². The van der Waals surface area contributed by atoms with Gasteiger partial charge in [-0.3, -0.25) is 0 Å². The first-order chi connectivity index (χ1) is 7.05. The van der Waals surface area contributed by atoms with E-state index in [1.54, 1.807) is 0 Å². The number of hydrogen-bond acceptors (Lipinski definition) is 1. The maximum absolute atomic E-state index is 13.1. The quantitative estimate of drug-likeness (QED) is 0.753. The third kappa shape index (κ3) is 1.35. The molecule has 0 aromatic heterocycles. The first-order valence-corrected chi connectivity index (χ1v) is 6.13. The number of fused-ring (bicyclic) bond motifs is 2. The molecule has 3 aliphatic rings. The molecule has 3 rings (SSSR count). The molecule has 3 heteroatoms. The zero-order valence-electron chi connectivity index (χ0n) is 9.02. The number of rotatable bonds is 2. The lowest BCUT2D eigenvalue weighted by Gasteiger charge is -2.53. The molecule has 15 heavy (non-hydrogen) atoms. The Kier molecular flexibility index (Phi) is 1.96. The summed E-state index contributed by atoms with van der Waals surface area (Å²) in [7, 11) is 0. The van der Waals surface area contributed by atoms with Gasteiger partial charge in [0.1, 0.15) is 0 Å². The summed E-state index contributed by atoms with van der Waals surface area (Å²) in [5.41, 5.74) is 5.58. The molecule has 0 aromatic carbocycles. The molecule has 3 fully saturated rings. The van der Waals surface area contributed by atoms with E-state index >= 15 is 0 Å². The van der Waals surface area contributed by atoms with Crippen LogP contribution < -0.4 is 5.73 Å². The van der Waals surface area contributed by atoms with E-state index in [9.17, 15) is 8.78 Å². The van der Waals surface area contributed by atoms with E-state index in [1.165, 1.54) is 25.7 Å². The highest BCUT2D eigenvalue weighted by Crippen LogP contribution is 2.64. The van der Waals surface area contributed by atoms with Crippen molar-refractivity contribution >= 4 is 0 Å². The summed E-state index contributed by atoms with van der Waals surface area (Å²) in [5, 5.41) is 0. The van der Waals surface area contributed by atoms with E-state index in [-0.39, 0.29) is 18.3 Å². The molecule has 3 unspecified atom stereocenters. The van der Waals surface area contributed by atoms with Crippen LogP contribution in [0.25, 0.3) is 0 Å². The first-order valence-electron chi connectivity index (χ1n) is 6.13. The van der Waals surface area contributed by atoms with E-state index in [2.05, 4.69) is 0 Å². The molecule has 0 aliphatic heterocycles. The van der Waals surface area contributed by atoms with Crippen molar-refractivity contribution in [2.24, 2.45) is 28.9 Å². The largest absolute Gasteiger partial charge is 0.330 e. The summed E-state index contributed by atoms with van der Waals surface area (Å²) in [4.78, 5) is 0. The van der Waals surface area contributed by atoms with Gasteiger partial charge < -0.3 is 5.73 Å². The Balaban J connectivity index is 1.76. The van der Waals surface area contributed by atoms with E-state index < -0.39 is 5.92 Å². The lowest BCUT2D eigenvalue weighted by Crippen LogP contribution is -2.55. The normalized spacial score (nSPS) is 45.4. The van der Waals surface area contributed by atoms with Crippen molar-refractivity contribution in [2.75, 3.05) is 6.54 Å². The molecule has 0 radical (unpaired) electrons. The van der Waals surface area contributed by atoms with Crippen LogP contribution in [0.15, 0.2) is 0 Å². The molecule has 3 saturated carbocycles. The number of halogens is 2. The van der Waals surface area contributed by atoms with E-state index in [0.29, 0.717) is 12.5 Å². The maximum atomic E-state index is 13.1. The molecule has 0 heterocycles. The molecular weight excluding hydrogens is 196 g/mol. The minimum absolute atomic E-state index is 0.0599. The molecule has 3 aliphatic carbocycles. The Morgan fingerprint density at radius 1 is 1.13 bits per heavy atom. The smallest absolute Gasteiger partial charge is 0.249 e. The fourth-order valence-corrected chi connectivity index (χ4v) is 4.53. The zero-order chi connectivity index (χ0) is 10.7. The standard InChI is InChI=1S/C12H19F2N/c13-12(14)5-11(6-12,7-15)10-4-8-1-2-9(10)3-8/h8-10H,1-7,15H2. The molecule has 0 spiro atoms. The van der Waals surface area contributed by atoms with Crippen LogP contribution in [0.4, 0.5) is 8.78 Å². The molecule has 0 aromatic rings. The second kappa shape index (κ2) is 2.93. The van der Waals surface area contributed by atoms with Gasteiger partial charge in [-0.1, -0.05) is 6.42 Å². The van der Waals surface area contributed by atoms with Gasteiger partial charge in [0.2, 0.25) is 5.92 Å². The Labute approximate surface area is 89.4 Å². The van der Waals surface area contributed by atoms with Crippen LogP contribution in [0, 0.1) is 23.2 Å². The number of alkyl halides is 2. The van der Waals surface area contributed by atoms with Gasteiger partial charge in [0, 0.05) is 12.8 Å². The summed E-state index contributed by atoms with van der Waals surface area (Å²) in [6.45, 7) is 0.469. The average molecular weight is 215 g/mol. The van der Waals surface area contributed by atoms with Crippen LogP contribution in [0.2, 0.25) is 0 Å². The van der Waals surface area contributed by atoms with Gasteiger partial charge in [-0.25, -0.2) is 8.78 Å². The topological polar surface area (TPSA) is 26.0 Å². The Morgan fingerprint density at radius 3 is 2.27 bits per heavy atom. The predicted octanol–water partition coefficient (Wildman–Crippen LogP) is 2.80. The molecule has 0 amide bonds. The van der Waals surface area contributed by atoms with Crippen LogP contribution in [-0.4, -0.2) is 12.5 Å². The van der Waals surface area contributed by atoms with Crippen LogP contribution >= 0.6 is 0 Å². The van der Waals surface area contributed by atoms with Crippen molar-refractivity contribution in [3.8, 4) is 0 Å². The third-order valence-electron chi connectivity index (χ3n) is 5.15. The van der Waals surface area contributed by atoms with Crippen molar-refractivity contribution in [3.63, 3.8) is 0 Å². The maximum Gasteiger partial charge on any atom is 0.249 e. The molecule has 1 nitrogen and oxygen atoms in total. The van der Waals surface area contributed by atoms with Crippen molar-refractivity contribution in [1.82, 2.24) is 0 Å². The summed E-state index contributed by atoms with van der Waals surface area (Å²) < 4.78 is 26.1. The van der Waals surface area contributed by atoms with Crippen LogP contribution in [0.1, 0.15) is 38.5 Å². The molecule has 2 N–H and O–H groups in total. The van der Waals surface area contributed by atoms with E-state index in [0.717, 1.165) is 11.8 Å². The highest BCUT2D eigenvalue weighted by Gasteiger charge is 2.62. The van der Waals surface area contributed by atoms with Gasteiger partial charge >= 0.3 is 0 Å². The van der Waals surface area contributed by atoms with Crippen molar-refractivity contribution in [2.45, 2.75) is 44.4 Å². The lowest BCUT2D eigenvalue weighted by atomic mass is 9.55. The second-order valence-corrected chi connectivity index (χ2v) is 6.06. The molecule has 2 bridgehead atoms. The molecular formula is C12H19F2N. The van der Waals surface area contributed by atoms with Crippen molar-refractivity contribution in [1.29, 1.82) is 0 Å². The fourth-order valence-electron chi connectivity index (χ4n) is 4.53. The zero-order valence-corrected chi connectivity index (χ0v) is 9.02. The lowest BCUT2D eigenvalue weighted by molar-refractivity contribution is -0.185. The summed E-state index contributed by atoms with van der Waals surface area (Å²) >= 11 is 0. The number of hydrogen-bond donors (Lipinski definition) is 1. The summed E-state index contributed by atoms with van der Waals surface area (Å²) in [6, 6.07) is 0. The molecule has 3 atom stereocenters. The first kappa shape index (κ1) is 10.0. The Bertz CT molecular complexity index is 269. The minimum atomic E-state index is -2.42. The van der Waals surface area contributed by atoms with Crippen molar-refractivity contribution < 1.29 is 8.78 Å². The monoisotopic (exact) mass is 215 g/mol. The fraction of sp³-hybridized carbons (Fsp3) is 1.00. The highest BCUT2D eigenvalue weighted by molar-refractivity contribution is 5.08. The summed E-state index contributed by atoms with van der Waals surface area (Å²) in [6.07, 6.45) is 5.19. The average Bonchev–Trinajstić information content (AvgIpc) is 2.74. The van der Waals surface area contributed by atoms with E-state index in [1.807, 2.05) is 0 Å². The van der Waals surface area contributed by atoms with Crippen molar-refractivity contribution in [3.05, 3.63) is 0 Å². The minimum Gasteiger partial charge on any atom is -0.330 e. The van der Waals surface area contributed by atoms with E-state index in [4.69, 9.17) is 5.73 Å². The van der Waals surface area contributed by atoms with Gasteiger partial charge in [-0.15, -0.1) is 0 Å². The predicted molar refractivity (Wildman–Crippen MR) is 54.6 cm³/mol. The van der Waals surface area contributed by atoms with Crippen LogP contribution in [0.3, 0.4) is 0 Å². The SMILES string of the molecule is NCC1(C2CC3CCC2C3)CC(F)(F)C1. The molecule has 86 valence electrons. The van der Waals surface area contributed by atoms with Gasteiger partial charge in [-0.05, 0) is 49.0 Å². The molecule has 0 saturated heterocycles. The Morgan fingerprint density at radius 2 is 1.87 bits per heavy atom. The van der Waals surface area contributed by atoms with Crippen LogP contribution in [0.5, 0.6) is 0 Å². The highest BCUT2D eigenvalue weighted by atomic mass is 19.3.